The van der Waals surface area contributed by atoms with E-state index in [0.29, 0.717) is 5.92 Å². The fourth-order valence-corrected chi connectivity index (χ4v) is 2.56. The van der Waals surface area contributed by atoms with Gasteiger partial charge in [0.25, 0.3) is 0 Å². The van der Waals surface area contributed by atoms with Crippen LogP contribution in [0.25, 0.3) is 0 Å². The Morgan fingerprint density at radius 1 is 1.28 bits per heavy atom. The summed E-state index contributed by atoms with van der Waals surface area (Å²) in [6.45, 7) is 2.23. The molecule has 1 aliphatic heterocycles. The van der Waals surface area contributed by atoms with Gasteiger partial charge in [0.2, 0.25) is 0 Å². The van der Waals surface area contributed by atoms with Crippen LogP contribution in [0.3, 0.4) is 0 Å². The van der Waals surface area contributed by atoms with Gasteiger partial charge in [0, 0.05) is 18.4 Å². The molecule has 1 saturated heterocycles. The molecule has 1 fully saturated rings. The molecule has 94 valence electrons. The van der Waals surface area contributed by atoms with Crippen LogP contribution >= 0.6 is 0 Å². The maximum atomic E-state index is 5.42. The highest BCUT2D eigenvalue weighted by molar-refractivity contribution is 5.26. The molecule has 2 aromatic rings. The Morgan fingerprint density at radius 2 is 2.17 bits per heavy atom. The van der Waals surface area contributed by atoms with E-state index in [1.807, 2.05) is 12.3 Å². The number of hydrogen-bond donors (Lipinski definition) is 1. The molecule has 0 bridgehead atoms. The van der Waals surface area contributed by atoms with Crippen LogP contribution in [0.4, 0.5) is 0 Å². The van der Waals surface area contributed by atoms with Crippen LogP contribution in [-0.4, -0.2) is 18.2 Å². The van der Waals surface area contributed by atoms with Crippen LogP contribution in [0, 0.1) is 5.92 Å². The minimum atomic E-state index is 0.701. The molecule has 3 nitrogen and oxygen atoms in total. The summed E-state index contributed by atoms with van der Waals surface area (Å²) in [6, 6.07) is 10.5. The Balaban J connectivity index is 1.71. The molecule has 1 atom stereocenters. The van der Waals surface area contributed by atoms with Crippen LogP contribution in [0.15, 0.2) is 41.1 Å². The van der Waals surface area contributed by atoms with Gasteiger partial charge in [-0.2, -0.15) is 0 Å². The molecule has 3 heteroatoms. The van der Waals surface area contributed by atoms with Gasteiger partial charge in [-0.15, -0.1) is 0 Å². The van der Waals surface area contributed by atoms with Crippen molar-refractivity contribution in [1.82, 2.24) is 10.5 Å². The predicted octanol–water partition coefficient (Wildman–Crippen LogP) is 2.42. The second-order valence-corrected chi connectivity index (χ2v) is 5.00. The van der Waals surface area contributed by atoms with E-state index in [1.54, 1.807) is 0 Å². The van der Waals surface area contributed by atoms with Gasteiger partial charge in [0.05, 0.1) is 6.20 Å². The van der Waals surface area contributed by atoms with Crippen molar-refractivity contribution >= 4 is 0 Å². The minimum absolute atomic E-state index is 0.701. The Bertz CT molecular complexity index is 486. The maximum Gasteiger partial charge on any atom is 0.140 e. The molecule has 2 heterocycles. The van der Waals surface area contributed by atoms with Gasteiger partial charge < -0.3 is 9.84 Å². The molecular weight excluding hydrogens is 224 g/mol. The van der Waals surface area contributed by atoms with E-state index < -0.39 is 0 Å². The summed E-state index contributed by atoms with van der Waals surface area (Å²) in [6.07, 6.45) is 5.03. The molecule has 0 saturated carbocycles. The number of rotatable bonds is 4. The summed E-state index contributed by atoms with van der Waals surface area (Å²) in [5.41, 5.74) is 2.54. The number of nitrogens with one attached hydrogen (secondary N) is 1. The first-order chi connectivity index (χ1) is 8.92. The van der Waals surface area contributed by atoms with Crippen LogP contribution in [0.2, 0.25) is 0 Å². The van der Waals surface area contributed by atoms with Crippen molar-refractivity contribution in [2.45, 2.75) is 19.3 Å². The second-order valence-electron chi connectivity index (χ2n) is 5.00. The van der Waals surface area contributed by atoms with Crippen molar-refractivity contribution in [2.75, 3.05) is 13.1 Å². The average molecular weight is 242 g/mol. The molecule has 18 heavy (non-hydrogen) atoms. The summed E-state index contributed by atoms with van der Waals surface area (Å²) in [7, 11) is 0. The van der Waals surface area contributed by atoms with Crippen molar-refractivity contribution in [3.63, 3.8) is 0 Å². The zero-order valence-corrected chi connectivity index (χ0v) is 10.4. The first kappa shape index (κ1) is 11.5. The van der Waals surface area contributed by atoms with Crippen molar-refractivity contribution < 1.29 is 4.52 Å². The van der Waals surface area contributed by atoms with Gasteiger partial charge in [-0.3, -0.25) is 0 Å². The van der Waals surface area contributed by atoms with E-state index in [0.717, 1.165) is 31.7 Å². The zero-order chi connectivity index (χ0) is 12.2. The molecule has 0 amide bonds. The highest BCUT2D eigenvalue weighted by atomic mass is 16.5. The Morgan fingerprint density at radius 3 is 2.94 bits per heavy atom. The molecular formula is C15H18N2O. The van der Waals surface area contributed by atoms with Gasteiger partial charge in [0.15, 0.2) is 0 Å². The predicted molar refractivity (Wildman–Crippen MR) is 70.4 cm³/mol. The molecule has 0 radical (unpaired) electrons. The van der Waals surface area contributed by atoms with Gasteiger partial charge >= 0.3 is 0 Å². The first-order valence-electron chi connectivity index (χ1n) is 6.59. The smallest absolute Gasteiger partial charge is 0.140 e. The number of aromatic nitrogens is 1. The number of hydrogen-bond acceptors (Lipinski definition) is 3. The first-order valence-corrected chi connectivity index (χ1v) is 6.59. The van der Waals surface area contributed by atoms with E-state index >= 15 is 0 Å². The van der Waals surface area contributed by atoms with Gasteiger partial charge in [-0.1, -0.05) is 35.5 Å². The third-order valence-corrected chi connectivity index (χ3v) is 3.60. The maximum absolute atomic E-state index is 5.42. The number of benzene rings is 1. The summed E-state index contributed by atoms with van der Waals surface area (Å²) >= 11 is 0. The van der Waals surface area contributed by atoms with Crippen molar-refractivity contribution in [1.29, 1.82) is 0 Å². The summed E-state index contributed by atoms with van der Waals surface area (Å²) in [5.74, 6) is 1.76. The molecule has 1 N–H and O–H groups in total. The molecule has 3 rings (SSSR count). The normalized spacial score (nSPS) is 19.2. The molecule has 0 spiro atoms. The lowest BCUT2D eigenvalue weighted by molar-refractivity contribution is 0.362. The lowest BCUT2D eigenvalue weighted by atomic mass is 9.98. The average Bonchev–Trinajstić information content (AvgIpc) is 3.04. The summed E-state index contributed by atoms with van der Waals surface area (Å²) in [4.78, 5) is 0. The van der Waals surface area contributed by atoms with Crippen molar-refractivity contribution in [3.05, 3.63) is 53.4 Å². The van der Waals surface area contributed by atoms with Crippen molar-refractivity contribution in [2.24, 2.45) is 5.92 Å². The molecule has 1 aromatic carbocycles. The summed E-state index contributed by atoms with van der Waals surface area (Å²) in [5, 5.41) is 7.36. The highest BCUT2D eigenvalue weighted by Gasteiger charge is 2.19. The Kier molecular flexibility index (Phi) is 3.42. The Labute approximate surface area is 107 Å². The zero-order valence-electron chi connectivity index (χ0n) is 10.4. The lowest BCUT2D eigenvalue weighted by Gasteiger charge is -2.06. The van der Waals surface area contributed by atoms with E-state index in [9.17, 15) is 0 Å². The molecule has 1 aliphatic rings. The SMILES string of the molecule is c1ccc(Cc2cnoc2CC2CCNC2)cc1. The fourth-order valence-electron chi connectivity index (χ4n) is 2.56. The monoisotopic (exact) mass is 242 g/mol. The Hall–Kier alpha value is -1.61. The van der Waals surface area contributed by atoms with E-state index in [4.69, 9.17) is 4.52 Å². The van der Waals surface area contributed by atoms with E-state index in [2.05, 4.69) is 34.7 Å². The van der Waals surface area contributed by atoms with Gasteiger partial charge in [-0.25, -0.2) is 0 Å². The van der Waals surface area contributed by atoms with E-state index in [1.165, 1.54) is 17.5 Å². The second kappa shape index (κ2) is 5.36. The molecule has 0 aliphatic carbocycles. The lowest BCUT2D eigenvalue weighted by Crippen LogP contribution is -2.11. The third-order valence-electron chi connectivity index (χ3n) is 3.60. The fraction of sp³-hybridized carbons (Fsp3) is 0.400. The van der Waals surface area contributed by atoms with Crippen LogP contribution in [-0.2, 0) is 12.8 Å². The van der Waals surface area contributed by atoms with Crippen LogP contribution in [0.1, 0.15) is 23.3 Å². The third kappa shape index (κ3) is 2.62. The molecule has 1 unspecified atom stereocenters. The summed E-state index contributed by atoms with van der Waals surface area (Å²) < 4.78 is 5.42. The largest absolute Gasteiger partial charge is 0.361 e. The van der Waals surface area contributed by atoms with E-state index in [-0.39, 0.29) is 0 Å². The van der Waals surface area contributed by atoms with Crippen LogP contribution in [0.5, 0.6) is 0 Å². The highest BCUT2D eigenvalue weighted by Crippen LogP contribution is 2.20. The number of nitrogens with zero attached hydrogens (tertiary/aromatic N) is 1. The standard InChI is InChI=1S/C15H18N2O/c1-2-4-12(5-3-1)8-14-11-17-18-15(14)9-13-6-7-16-10-13/h1-5,11,13,16H,6-10H2. The minimum Gasteiger partial charge on any atom is -0.361 e. The topological polar surface area (TPSA) is 38.1 Å². The quantitative estimate of drug-likeness (QED) is 0.894. The van der Waals surface area contributed by atoms with Crippen molar-refractivity contribution in [3.8, 4) is 0 Å². The van der Waals surface area contributed by atoms with Crippen LogP contribution < -0.4 is 5.32 Å². The molecule has 1 aromatic heterocycles. The van der Waals surface area contributed by atoms with Gasteiger partial charge in [0.1, 0.15) is 5.76 Å². The van der Waals surface area contributed by atoms with Gasteiger partial charge in [-0.05, 0) is 31.0 Å².